The standard InChI is InChI=1S/C19H22N4O/c1-2-6-16(7-3-1)12-23-15-20-21-19(23)18-8-4-5-10-22(18)13-17-9-11-24-14-17/h1-3,6-7,9,11,14-15,18H,4-5,8,10,12-13H2/t18-/m0/s1. The van der Waals surface area contributed by atoms with Gasteiger partial charge in [0, 0.05) is 12.1 Å². The third-order valence-corrected chi connectivity index (χ3v) is 4.72. The van der Waals surface area contributed by atoms with Crippen LogP contribution in [0.4, 0.5) is 0 Å². The summed E-state index contributed by atoms with van der Waals surface area (Å²) in [6.07, 6.45) is 9.04. The molecule has 0 spiro atoms. The fourth-order valence-electron chi connectivity index (χ4n) is 3.51. The summed E-state index contributed by atoms with van der Waals surface area (Å²) in [6, 6.07) is 12.8. The molecule has 0 saturated carbocycles. The first-order valence-corrected chi connectivity index (χ1v) is 8.57. The van der Waals surface area contributed by atoms with Gasteiger partial charge in [0.25, 0.3) is 0 Å². The molecule has 4 rings (SSSR count). The minimum atomic E-state index is 0.319. The zero-order valence-corrected chi connectivity index (χ0v) is 13.7. The van der Waals surface area contributed by atoms with E-state index in [2.05, 4.69) is 43.9 Å². The van der Waals surface area contributed by atoms with Gasteiger partial charge < -0.3 is 8.98 Å². The van der Waals surface area contributed by atoms with Crippen LogP contribution < -0.4 is 0 Å². The van der Waals surface area contributed by atoms with Crippen LogP contribution >= 0.6 is 0 Å². The third kappa shape index (κ3) is 3.26. The van der Waals surface area contributed by atoms with Crippen LogP contribution in [0, 0.1) is 0 Å². The van der Waals surface area contributed by atoms with Crippen molar-refractivity contribution < 1.29 is 4.42 Å². The highest BCUT2D eigenvalue weighted by molar-refractivity contribution is 5.16. The van der Waals surface area contributed by atoms with Gasteiger partial charge in [-0.15, -0.1) is 10.2 Å². The van der Waals surface area contributed by atoms with Gasteiger partial charge in [0.1, 0.15) is 6.33 Å². The normalized spacial score (nSPS) is 18.8. The Morgan fingerprint density at radius 3 is 2.79 bits per heavy atom. The van der Waals surface area contributed by atoms with Crippen molar-refractivity contribution in [3.8, 4) is 0 Å². The monoisotopic (exact) mass is 322 g/mol. The third-order valence-electron chi connectivity index (χ3n) is 4.72. The number of nitrogens with zero attached hydrogens (tertiary/aromatic N) is 4. The lowest BCUT2D eigenvalue weighted by Gasteiger charge is -2.34. The average molecular weight is 322 g/mol. The van der Waals surface area contributed by atoms with Crippen LogP contribution in [0.1, 0.15) is 42.3 Å². The van der Waals surface area contributed by atoms with E-state index in [-0.39, 0.29) is 0 Å². The predicted molar refractivity (Wildman–Crippen MR) is 91.3 cm³/mol. The molecule has 1 aliphatic heterocycles. The Labute approximate surface area is 141 Å². The number of benzene rings is 1. The largest absolute Gasteiger partial charge is 0.472 e. The number of furan rings is 1. The van der Waals surface area contributed by atoms with Crippen LogP contribution in [-0.2, 0) is 13.1 Å². The highest BCUT2D eigenvalue weighted by Gasteiger charge is 2.28. The first-order chi connectivity index (χ1) is 11.9. The molecule has 1 atom stereocenters. The first-order valence-electron chi connectivity index (χ1n) is 8.57. The zero-order chi connectivity index (χ0) is 16.2. The van der Waals surface area contributed by atoms with Crippen LogP contribution in [0.25, 0.3) is 0 Å². The average Bonchev–Trinajstić information content (AvgIpc) is 3.28. The molecule has 5 nitrogen and oxygen atoms in total. The lowest BCUT2D eigenvalue weighted by atomic mass is 10.0. The quantitative estimate of drug-likeness (QED) is 0.719. The minimum absolute atomic E-state index is 0.319. The molecular weight excluding hydrogens is 300 g/mol. The van der Waals surface area contributed by atoms with Crippen LogP contribution in [0.15, 0.2) is 59.7 Å². The van der Waals surface area contributed by atoms with E-state index in [1.807, 2.05) is 24.7 Å². The van der Waals surface area contributed by atoms with Gasteiger partial charge in [-0.1, -0.05) is 36.8 Å². The van der Waals surface area contributed by atoms with E-state index in [1.165, 1.54) is 24.0 Å². The van der Waals surface area contributed by atoms with Crippen LogP contribution in [-0.4, -0.2) is 26.2 Å². The van der Waals surface area contributed by atoms with Gasteiger partial charge in [0.15, 0.2) is 5.82 Å². The topological polar surface area (TPSA) is 47.1 Å². The maximum atomic E-state index is 5.22. The van der Waals surface area contributed by atoms with Crippen LogP contribution in [0.3, 0.4) is 0 Å². The van der Waals surface area contributed by atoms with Gasteiger partial charge in [0.2, 0.25) is 0 Å². The molecule has 0 N–H and O–H groups in total. The van der Waals surface area contributed by atoms with E-state index in [1.54, 1.807) is 6.26 Å². The smallest absolute Gasteiger partial charge is 0.150 e. The van der Waals surface area contributed by atoms with Crippen molar-refractivity contribution in [2.75, 3.05) is 6.54 Å². The molecule has 3 aromatic rings. The fraction of sp³-hybridized carbons (Fsp3) is 0.368. The molecule has 0 amide bonds. The highest BCUT2D eigenvalue weighted by Crippen LogP contribution is 2.31. The summed E-state index contributed by atoms with van der Waals surface area (Å²) in [5.74, 6) is 1.07. The summed E-state index contributed by atoms with van der Waals surface area (Å²) >= 11 is 0. The molecule has 3 heterocycles. The fourth-order valence-corrected chi connectivity index (χ4v) is 3.51. The van der Waals surface area contributed by atoms with E-state index in [0.717, 1.165) is 31.9 Å². The first kappa shape index (κ1) is 15.1. The van der Waals surface area contributed by atoms with Gasteiger partial charge in [-0.25, -0.2) is 0 Å². The van der Waals surface area contributed by atoms with Gasteiger partial charge in [-0.05, 0) is 31.0 Å². The Kier molecular flexibility index (Phi) is 4.42. The Morgan fingerprint density at radius 1 is 1.04 bits per heavy atom. The lowest BCUT2D eigenvalue weighted by molar-refractivity contribution is 0.130. The van der Waals surface area contributed by atoms with E-state index in [4.69, 9.17) is 4.42 Å². The number of aromatic nitrogens is 3. The SMILES string of the molecule is c1ccc(Cn2cnnc2[C@@H]2CCCCN2Cc2ccoc2)cc1. The summed E-state index contributed by atoms with van der Waals surface area (Å²) in [5.41, 5.74) is 2.49. The number of hydrogen-bond donors (Lipinski definition) is 0. The van der Waals surface area contributed by atoms with Crippen LogP contribution in [0.5, 0.6) is 0 Å². The minimum Gasteiger partial charge on any atom is -0.472 e. The summed E-state index contributed by atoms with van der Waals surface area (Å²) in [7, 11) is 0. The Morgan fingerprint density at radius 2 is 1.96 bits per heavy atom. The van der Waals surface area contributed by atoms with Gasteiger partial charge >= 0.3 is 0 Å². The van der Waals surface area contributed by atoms with E-state index < -0.39 is 0 Å². The Bertz CT molecular complexity index is 751. The van der Waals surface area contributed by atoms with Crippen molar-refractivity contribution in [2.24, 2.45) is 0 Å². The highest BCUT2D eigenvalue weighted by atomic mass is 16.3. The zero-order valence-electron chi connectivity index (χ0n) is 13.7. The van der Waals surface area contributed by atoms with Gasteiger partial charge in [-0.2, -0.15) is 0 Å². The molecule has 0 bridgehead atoms. The van der Waals surface area contributed by atoms with Crippen molar-refractivity contribution in [2.45, 2.75) is 38.4 Å². The molecular formula is C19H22N4O. The molecule has 0 unspecified atom stereocenters. The van der Waals surface area contributed by atoms with E-state index >= 15 is 0 Å². The van der Waals surface area contributed by atoms with Crippen molar-refractivity contribution in [3.05, 3.63) is 72.2 Å². The summed E-state index contributed by atoms with van der Waals surface area (Å²) in [5, 5.41) is 8.66. The molecule has 1 saturated heterocycles. The second-order valence-corrected chi connectivity index (χ2v) is 6.42. The predicted octanol–water partition coefficient (Wildman–Crippen LogP) is 3.65. The molecule has 24 heavy (non-hydrogen) atoms. The second kappa shape index (κ2) is 7.01. The van der Waals surface area contributed by atoms with E-state index in [0.29, 0.717) is 6.04 Å². The number of likely N-dealkylation sites (tertiary alicyclic amines) is 1. The Hall–Kier alpha value is -2.40. The number of rotatable bonds is 5. The molecule has 1 aromatic carbocycles. The summed E-state index contributed by atoms with van der Waals surface area (Å²) in [4.78, 5) is 2.50. The van der Waals surface area contributed by atoms with Gasteiger partial charge in [0.05, 0.1) is 25.1 Å². The lowest BCUT2D eigenvalue weighted by Crippen LogP contribution is -2.34. The van der Waals surface area contributed by atoms with Gasteiger partial charge in [-0.3, -0.25) is 4.90 Å². The number of hydrogen-bond acceptors (Lipinski definition) is 4. The van der Waals surface area contributed by atoms with E-state index in [9.17, 15) is 0 Å². The van der Waals surface area contributed by atoms with Crippen LogP contribution in [0.2, 0.25) is 0 Å². The van der Waals surface area contributed by atoms with Crippen molar-refractivity contribution in [1.82, 2.24) is 19.7 Å². The van der Waals surface area contributed by atoms with Crippen molar-refractivity contribution in [1.29, 1.82) is 0 Å². The molecule has 124 valence electrons. The molecule has 2 aromatic heterocycles. The molecule has 5 heteroatoms. The van der Waals surface area contributed by atoms with Crippen molar-refractivity contribution >= 4 is 0 Å². The molecule has 1 aliphatic rings. The molecule has 0 radical (unpaired) electrons. The molecule has 0 aliphatic carbocycles. The number of piperidine rings is 1. The maximum Gasteiger partial charge on any atom is 0.150 e. The molecule has 1 fully saturated rings. The second-order valence-electron chi connectivity index (χ2n) is 6.42. The maximum absolute atomic E-state index is 5.22. The van der Waals surface area contributed by atoms with Crippen molar-refractivity contribution in [3.63, 3.8) is 0 Å². The Balaban J connectivity index is 1.56. The summed E-state index contributed by atoms with van der Waals surface area (Å²) < 4.78 is 7.41. The summed E-state index contributed by atoms with van der Waals surface area (Å²) in [6.45, 7) is 2.81.